The number of hydrogen-bond donors (Lipinski definition) is 0. The van der Waals surface area contributed by atoms with E-state index in [1.165, 1.54) is 0 Å². The second-order valence-electron chi connectivity index (χ2n) is 7.18. The van der Waals surface area contributed by atoms with Crippen LogP contribution in [0, 0.1) is 5.82 Å². The van der Waals surface area contributed by atoms with E-state index in [-0.39, 0.29) is 17.5 Å². The van der Waals surface area contributed by atoms with Crippen LogP contribution in [0.5, 0.6) is 5.75 Å². The van der Waals surface area contributed by atoms with Crippen molar-refractivity contribution in [1.82, 2.24) is 9.88 Å². The summed E-state index contributed by atoms with van der Waals surface area (Å²) in [6, 6.07) is 17.9. The minimum atomic E-state index is -0.471. The smallest absolute Gasteiger partial charge is 0.257 e. The average Bonchev–Trinajstić information content (AvgIpc) is 2.79. The standard InChI is InChI=1S/C24H23FN2O2/c25-23-21(18-8-2-1-3-9-18)12-6-13-22(23)24(28)27-15-5-4-10-19(27)17-29-20-11-7-14-26-16-20/h1-3,6-9,11-14,16,19H,4-5,10,15,17H2. The largest absolute Gasteiger partial charge is 0.490 e. The number of ether oxygens (including phenoxy) is 1. The molecule has 1 amide bonds. The maximum Gasteiger partial charge on any atom is 0.257 e. The molecule has 1 saturated heterocycles. The second kappa shape index (κ2) is 8.86. The molecule has 0 aliphatic carbocycles. The molecule has 0 spiro atoms. The van der Waals surface area contributed by atoms with E-state index in [9.17, 15) is 4.79 Å². The molecule has 0 N–H and O–H groups in total. The first-order chi connectivity index (χ1) is 14.2. The first-order valence-electron chi connectivity index (χ1n) is 9.92. The Bertz CT molecular complexity index is 963. The highest BCUT2D eigenvalue weighted by atomic mass is 19.1. The number of benzene rings is 2. The number of carbonyl (C=O) groups excluding carboxylic acids is 1. The Labute approximate surface area is 170 Å². The van der Waals surface area contributed by atoms with Crippen LogP contribution in [-0.2, 0) is 0 Å². The zero-order valence-electron chi connectivity index (χ0n) is 16.1. The van der Waals surface area contributed by atoms with E-state index >= 15 is 4.39 Å². The molecule has 4 nitrogen and oxygen atoms in total. The number of rotatable bonds is 5. The van der Waals surface area contributed by atoms with Crippen molar-refractivity contribution in [3.63, 3.8) is 0 Å². The Morgan fingerprint density at radius 1 is 1.07 bits per heavy atom. The van der Waals surface area contributed by atoms with Crippen LogP contribution >= 0.6 is 0 Å². The molecule has 0 bridgehead atoms. The molecule has 2 aromatic carbocycles. The van der Waals surface area contributed by atoms with Gasteiger partial charge in [-0.15, -0.1) is 0 Å². The molecule has 3 aromatic rings. The normalized spacial score (nSPS) is 16.4. The van der Waals surface area contributed by atoms with Crippen LogP contribution in [0.3, 0.4) is 0 Å². The topological polar surface area (TPSA) is 42.4 Å². The second-order valence-corrected chi connectivity index (χ2v) is 7.18. The maximum atomic E-state index is 15.3. The van der Waals surface area contributed by atoms with Gasteiger partial charge < -0.3 is 9.64 Å². The summed E-state index contributed by atoms with van der Waals surface area (Å²) in [6.45, 7) is 0.979. The summed E-state index contributed by atoms with van der Waals surface area (Å²) in [6.07, 6.45) is 6.11. The van der Waals surface area contributed by atoms with Gasteiger partial charge in [0.1, 0.15) is 18.2 Å². The lowest BCUT2D eigenvalue weighted by Crippen LogP contribution is -2.47. The van der Waals surface area contributed by atoms with Crippen molar-refractivity contribution in [1.29, 1.82) is 0 Å². The number of amides is 1. The van der Waals surface area contributed by atoms with Gasteiger partial charge in [-0.25, -0.2) is 4.39 Å². The third-order valence-electron chi connectivity index (χ3n) is 5.28. The van der Waals surface area contributed by atoms with Crippen LogP contribution < -0.4 is 4.74 Å². The van der Waals surface area contributed by atoms with Crippen molar-refractivity contribution in [3.8, 4) is 16.9 Å². The molecule has 0 saturated carbocycles. The maximum absolute atomic E-state index is 15.3. The van der Waals surface area contributed by atoms with Crippen LogP contribution in [0.15, 0.2) is 73.1 Å². The predicted octanol–water partition coefficient (Wildman–Crippen LogP) is 4.96. The highest BCUT2D eigenvalue weighted by Crippen LogP contribution is 2.27. The van der Waals surface area contributed by atoms with E-state index in [0.717, 1.165) is 24.8 Å². The number of pyridine rings is 1. The molecule has 1 unspecified atom stereocenters. The third-order valence-corrected chi connectivity index (χ3v) is 5.28. The molecule has 1 aliphatic rings. The highest BCUT2D eigenvalue weighted by molar-refractivity contribution is 5.96. The lowest BCUT2D eigenvalue weighted by molar-refractivity contribution is 0.0523. The van der Waals surface area contributed by atoms with Crippen molar-refractivity contribution in [2.24, 2.45) is 0 Å². The van der Waals surface area contributed by atoms with E-state index in [4.69, 9.17) is 4.74 Å². The summed E-state index contributed by atoms with van der Waals surface area (Å²) in [4.78, 5) is 19.0. The Hall–Kier alpha value is -3.21. The zero-order chi connectivity index (χ0) is 20.1. The number of hydrogen-bond acceptors (Lipinski definition) is 3. The molecule has 5 heteroatoms. The zero-order valence-corrected chi connectivity index (χ0v) is 16.1. The van der Waals surface area contributed by atoms with Gasteiger partial charge in [-0.3, -0.25) is 9.78 Å². The van der Waals surface area contributed by atoms with Gasteiger partial charge in [0, 0.05) is 18.3 Å². The van der Waals surface area contributed by atoms with Gasteiger partial charge in [-0.1, -0.05) is 42.5 Å². The van der Waals surface area contributed by atoms with E-state index in [1.807, 2.05) is 42.5 Å². The van der Waals surface area contributed by atoms with Crippen LogP contribution in [-0.4, -0.2) is 35.0 Å². The number of piperidine rings is 1. The van der Waals surface area contributed by atoms with Gasteiger partial charge >= 0.3 is 0 Å². The van der Waals surface area contributed by atoms with Crippen LogP contribution in [0.4, 0.5) is 4.39 Å². The molecule has 148 valence electrons. The summed E-state index contributed by atoms with van der Waals surface area (Å²) >= 11 is 0. The summed E-state index contributed by atoms with van der Waals surface area (Å²) in [5.74, 6) is -0.0799. The number of halogens is 1. The Balaban J connectivity index is 1.55. The molecular weight excluding hydrogens is 367 g/mol. The number of nitrogens with zero attached hydrogens (tertiary/aromatic N) is 2. The van der Waals surface area contributed by atoms with Crippen molar-refractivity contribution in [2.75, 3.05) is 13.2 Å². The van der Waals surface area contributed by atoms with Crippen molar-refractivity contribution in [3.05, 3.63) is 84.4 Å². The fraction of sp³-hybridized carbons (Fsp3) is 0.250. The summed E-state index contributed by atoms with van der Waals surface area (Å²) in [5.41, 5.74) is 1.31. The van der Waals surface area contributed by atoms with Crippen LogP contribution in [0.2, 0.25) is 0 Å². The summed E-state index contributed by atoms with van der Waals surface area (Å²) in [5, 5.41) is 0. The molecular formula is C24H23FN2O2. The lowest BCUT2D eigenvalue weighted by Gasteiger charge is -2.35. The fourth-order valence-corrected chi connectivity index (χ4v) is 3.76. The van der Waals surface area contributed by atoms with Gasteiger partial charge in [0.15, 0.2) is 0 Å². The number of carbonyl (C=O) groups is 1. The van der Waals surface area contributed by atoms with E-state index in [2.05, 4.69) is 4.98 Å². The monoisotopic (exact) mass is 390 g/mol. The Kier molecular flexibility index (Phi) is 5.84. The first-order valence-corrected chi connectivity index (χ1v) is 9.92. The minimum absolute atomic E-state index is 0.0868. The molecule has 1 aromatic heterocycles. The third kappa shape index (κ3) is 4.29. The molecule has 2 heterocycles. The molecule has 1 atom stereocenters. The molecule has 29 heavy (non-hydrogen) atoms. The van der Waals surface area contributed by atoms with Gasteiger partial charge in [-0.05, 0) is 43.0 Å². The number of aromatic nitrogens is 1. The van der Waals surface area contributed by atoms with Crippen LogP contribution in [0.25, 0.3) is 11.1 Å². The highest BCUT2D eigenvalue weighted by Gasteiger charge is 2.30. The molecule has 4 rings (SSSR count). The van der Waals surface area contributed by atoms with E-state index in [1.54, 1.807) is 35.5 Å². The molecule has 1 fully saturated rings. The van der Waals surface area contributed by atoms with E-state index < -0.39 is 5.82 Å². The minimum Gasteiger partial charge on any atom is -0.490 e. The van der Waals surface area contributed by atoms with Gasteiger partial charge in [-0.2, -0.15) is 0 Å². The Morgan fingerprint density at radius 2 is 1.93 bits per heavy atom. The van der Waals surface area contributed by atoms with Gasteiger partial charge in [0.25, 0.3) is 5.91 Å². The quantitative estimate of drug-likeness (QED) is 0.618. The summed E-state index contributed by atoms with van der Waals surface area (Å²) < 4.78 is 21.1. The van der Waals surface area contributed by atoms with Crippen molar-refractivity contribution in [2.45, 2.75) is 25.3 Å². The number of likely N-dealkylation sites (tertiary alicyclic amines) is 1. The van der Waals surface area contributed by atoms with Crippen LogP contribution in [0.1, 0.15) is 29.6 Å². The Morgan fingerprint density at radius 3 is 2.72 bits per heavy atom. The SMILES string of the molecule is O=C(c1cccc(-c2ccccc2)c1F)N1CCCCC1COc1cccnc1. The van der Waals surface area contributed by atoms with E-state index in [0.29, 0.717) is 24.5 Å². The molecule has 0 radical (unpaired) electrons. The van der Waals surface area contributed by atoms with Crippen molar-refractivity contribution < 1.29 is 13.9 Å². The van der Waals surface area contributed by atoms with Gasteiger partial charge in [0.2, 0.25) is 0 Å². The molecule has 1 aliphatic heterocycles. The summed E-state index contributed by atoms with van der Waals surface area (Å²) in [7, 11) is 0. The predicted molar refractivity (Wildman–Crippen MR) is 110 cm³/mol. The fourth-order valence-electron chi connectivity index (χ4n) is 3.76. The van der Waals surface area contributed by atoms with Gasteiger partial charge in [0.05, 0.1) is 17.8 Å². The first kappa shape index (κ1) is 19.1. The lowest BCUT2D eigenvalue weighted by atomic mass is 9.98. The average molecular weight is 390 g/mol. The van der Waals surface area contributed by atoms with Crippen molar-refractivity contribution >= 4 is 5.91 Å².